The van der Waals surface area contributed by atoms with Gasteiger partial charge in [-0.05, 0) is 68.1 Å². The maximum atomic E-state index is 3.55. The average Bonchev–Trinajstić information content (AvgIpc) is 2.36. The van der Waals surface area contributed by atoms with Crippen LogP contribution in [0.4, 0.5) is 0 Å². The molecule has 0 aliphatic carbocycles. The maximum Gasteiger partial charge on any atom is 0.0281 e. The van der Waals surface area contributed by atoms with E-state index in [1.807, 2.05) is 0 Å². The van der Waals surface area contributed by atoms with Crippen LogP contribution >= 0.6 is 15.9 Å². The molecule has 0 N–H and O–H groups in total. The molecule has 2 aromatic rings. The Balaban J connectivity index is 2.45. The summed E-state index contributed by atoms with van der Waals surface area (Å²) >= 11 is 3.55. The van der Waals surface area contributed by atoms with Crippen molar-refractivity contribution in [2.75, 3.05) is 0 Å². The van der Waals surface area contributed by atoms with Crippen LogP contribution in [0.3, 0.4) is 0 Å². The smallest absolute Gasteiger partial charge is 0.0281 e. The second kappa shape index (κ2) is 5.63. The molecule has 0 atom stereocenters. The van der Waals surface area contributed by atoms with Gasteiger partial charge in [0.2, 0.25) is 0 Å². The molecule has 0 heterocycles. The summed E-state index contributed by atoms with van der Waals surface area (Å²) in [6.45, 7) is 8.38. The Hall–Kier alpha value is -1.52. The van der Waals surface area contributed by atoms with Crippen molar-refractivity contribution in [1.82, 2.24) is 0 Å². The van der Waals surface area contributed by atoms with Crippen molar-refractivity contribution in [1.29, 1.82) is 0 Å². The Morgan fingerprint density at radius 1 is 0.737 bits per heavy atom. The Morgan fingerprint density at radius 3 is 2.05 bits per heavy atom. The van der Waals surface area contributed by atoms with Crippen molar-refractivity contribution in [3.05, 3.63) is 68.2 Å². The molecule has 0 saturated carbocycles. The molecule has 0 aliphatic rings. The molecular formula is C18H17Br. The molecule has 0 bridgehead atoms. The van der Waals surface area contributed by atoms with Crippen molar-refractivity contribution in [2.45, 2.75) is 27.7 Å². The zero-order valence-corrected chi connectivity index (χ0v) is 13.4. The zero-order valence-electron chi connectivity index (χ0n) is 11.8. The molecule has 1 heteroatoms. The minimum absolute atomic E-state index is 1.10. The van der Waals surface area contributed by atoms with Gasteiger partial charge in [-0.3, -0.25) is 0 Å². The van der Waals surface area contributed by atoms with Gasteiger partial charge < -0.3 is 0 Å². The molecule has 0 radical (unpaired) electrons. The van der Waals surface area contributed by atoms with E-state index >= 15 is 0 Å². The lowest BCUT2D eigenvalue weighted by atomic mass is 10.0. The minimum Gasteiger partial charge on any atom is -0.0614 e. The standard InChI is InChI=1S/C18H17Br/c1-12-5-6-13(2)16(9-12)7-8-17-10-15(4)18(19)11-14(17)3/h5-6,9-11H,1-4H3. The summed E-state index contributed by atoms with van der Waals surface area (Å²) < 4.78 is 1.14. The van der Waals surface area contributed by atoms with Gasteiger partial charge in [0.1, 0.15) is 0 Å². The third-order valence-corrected chi connectivity index (χ3v) is 4.08. The second-order valence-corrected chi connectivity index (χ2v) is 5.84. The number of aryl methyl sites for hydroxylation is 4. The summed E-state index contributed by atoms with van der Waals surface area (Å²) in [7, 11) is 0. The van der Waals surface area contributed by atoms with Crippen molar-refractivity contribution in [2.24, 2.45) is 0 Å². The van der Waals surface area contributed by atoms with E-state index in [-0.39, 0.29) is 0 Å². The van der Waals surface area contributed by atoms with Crippen molar-refractivity contribution in [3.8, 4) is 11.8 Å². The Kier molecular flexibility index (Phi) is 4.12. The molecule has 2 rings (SSSR count). The van der Waals surface area contributed by atoms with Gasteiger partial charge in [0.15, 0.2) is 0 Å². The molecule has 2 aromatic carbocycles. The Bertz CT molecular complexity index is 685. The largest absolute Gasteiger partial charge is 0.0614 e. The highest BCUT2D eigenvalue weighted by Crippen LogP contribution is 2.20. The van der Waals surface area contributed by atoms with Gasteiger partial charge in [0.25, 0.3) is 0 Å². The van der Waals surface area contributed by atoms with Crippen LogP contribution < -0.4 is 0 Å². The Labute approximate surface area is 124 Å². The zero-order chi connectivity index (χ0) is 14.0. The van der Waals surface area contributed by atoms with Crippen molar-refractivity contribution in [3.63, 3.8) is 0 Å². The number of benzene rings is 2. The molecular weight excluding hydrogens is 296 g/mol. The van der Waals surface area contributed by atoms with Gasteiger partial charge in [-0.25, -0.2) is 0 Å². The van der Waals surface area contributed by atoms with Crippen LogP contribution in [0.15, 0.2) is 34.8 Å². The van der Waals surface area contributed by atoms with Crippen LogP contribution in [0.2, 0.25) is 0 Å². The van der Waals surface area contributed by atoms with Crippen LogP contribution in [-0.2, 0) is 0 Å². The van der Waals surface area contributed by atoms with Gasteiger partial charge >= 0.3 is 0 Å². The van der Waals surface area contributed by atoms with E-state index in [0.29, 0.717) is 0 Å². The summed E-state index contributed by atoms with van der Waals surface area (Å²) in [6.07, 6.45) is 0. The average molecular weight is 313 g/mol. The molecule has 0 nitrogen and oxygen atoms in total. The van der Waals surface area contributed by atoms with E-state index in [4.69, 9.17) is 0 Å². The normalized spacial score (nSPS) is 9.95. The fraction of sp³-hybridized carbons (Fsp3) is 0.222. The second-order valence-electron chi connectivity index (χ2n) is 4.98. The van der Waals surface area contributed by atoms with Gasteiger partial charge in [-0.1, -0.05) is 39.9 Å². The summed E-state index contributed by atoms with van der Waals surface area (Å²) in [5.74, 6) is 6.59. The topological polar surface area (TPSA) is 0 Å². The molecule has 0 spiro atoms. The van der Waals surface area contributed by atoms with Gasteiger partial charge in [-0.2, -0.15) is 0 Å². The maximum absolute atomic E-state index is 3.55. The van der Waals surface area contributed by atoms with E-state index in [2.05, 4.69) is 85.8 Å². The molecule has 0 aromatic heterocycles. The summed E-state index contributed by atoms with van der Waals surface area (Å²) in [6, 6.07) is 10.7. The summed E-state index contributed by atoms with van der Waals surface area (Å²) in [4.78, 5) is 0. The van der Waals surface area contributed by atoms with Crippen LogP contribution in [0.25, 0.3) is 0 Å². The lowest BCUT2D eigenvalue weighted by Crippen LogP contribution is -1.87. The fourth-order valence-electron chi connectivity index (χ4n) is 1.92. The van der Waals surface area contributed by atoms with E-state index in [0.717, 1.165) is 15.6 Å². The molecule has 96 valence electrons. The van der Waals surface area contributed by atoms with Crippen LogP contribution in [-0.4, -0.2) is 0 Å². The minimum atomic E-state index is 1.10. The number of hydrogen-bond donors (Lipinski definition) is 0. The first kappa shape index (κ1) is 13.9. The van der Waals surface area contributed by atoms with Gasteiger partial charge in [0, 0.05) is 15.6 Å². The lowest BCUT2D eigenvalue weighted by molar-refractivity contribution is 1.34. The van der Waals surface area contributed by atoms with E-state index in [1.165, 1.54) is 22.3 Å². The van der Waals surface area contributed by atoms with Crippen LogP contribution in [0.1, 0.15) is 33.4 Å². The summed E-state index contributed by atoms with van der Waals surface area (Å²) in [5, 5.41) is 0. The van der Waals surface area contributed by atoms with E-state index < -0.39 is 0 Å². The fourth-order valence-corrected chi connectivity index (χ4v) is 2.38. The highest BCUT2D eigenvalue weighted by atomic mass is 79.9. The highest BCUT2D eigenvalue weighted by Gasteiger charge is 2.00. The lowest BCUT2D eigenvalue weighted by Gasteiger charge is -2.03. The third kappa shape index (κ3) is 3.28. The first-order chi connectivity index (χ1) is 8.97. The third-order valence-electron chi connectivity index (χ3n) is 3.23. The predicted molar refractivity (Wildman–Crippen MR) is 85.5 cm³/mol. The van der Waals surface area contributed by atoms with Crippen molar-refractivity contribution < 1.29 is 0 Å². The summed E-state index contributed by atoms with van der Waals surface area (Å²) in [5.41, 5.74) is 7.11. The first-order valence-corrected chi connectivity index (χ1v) is 7.12. The van der Waals surface area contributed by atoms with Gasteiger partial charge in [-0.15, -0.1) is 0 Å². The first-order valence-electron chi connectivity index (χ1n) is 6.33. The number of rotatable bonds is 0. The molecule has 0 amide bonds. The van der Waals surface area contributed by atoms with Crippen LogP contribution in [0, 0.1) is 39.5 Å². The monoisotopic (exact) mass is 312 g/mol. The van der Waals surface area contributed by atoms with E-state index in [9.17, 15) is 0 Å². The molecule has 0 aliphatic heterocycles. The molecule has 0 saturated heterocycles. The van der Waals surface area contributed by atoms with Gasteiger partial charge in [0.05, 0.1) is 0 Å². The number of hydrogen-bond acceptors (Lipinski definition) is 0. The SMILES string of the molecule is Cc1ccc(C)c(C#Cc2cc(C)c(Br)cc2C)c1. The van der Waals surface area contributed by atoms with E-state index in [1.54, 1.807) is 0 Å². The van der Waals surface area contributed by atoms with Crippen LogP contribution in [0.5, 0.6) is 0 Å². The molecule has 19 heavy (non-hydrogen) atoms. The molecule has 0 fully saturated rings. The number of halogens is 1. The van der Waals surface area contributed by atoms with Crippen molar-refractivity contribution >= 4 is 15.9 Å². The predicted octanol–water partition coefficient (Wildman–Crippen LogP) is 5.08. The quantitative estimate of drug-likeness (QED) is 0.595. The Morgan fingerprint density at radius 2 is 1.37 bits per heavy atom. The highest BCUT2D eigenvalue weighted by molar-refractivity contribution is 9.10. The molecule has 0 unspecified atom stereocenters.